The minimum atomic E-state index is -0.150. The molecule has 0 saturated carbocycles. The number of halogens is 1. The zero-order valence-corrected chi connectivity index (χ0v) is 16.9. The van der Waals surface area contributed by atoms with Gasteiger partial charge in [0.1, 0.15) is 0 Å². The van der Waals surface area contributed by atoms with Crippen molar-refractivity contribution in [1.82, 2.24) is 15.5 Å². The second kappa shape index (κ2) is 9.81. The highest BCUT2D eigenvalue weighted by atomic mass is 35.5. The maximum absolute atomic E-state index is 11.6. The summed E-state index contributed by atoms with van der Waals surface area (Å²) in [4.78, 5) is 18.3. The summed E-state index contributed by atoms with van der Waals surface area (Å²) in [6.45, 7) is 10.3. The number of aliphatic imine (C=N–C) groups is 1. The van der Waals surface area contributed by atoms with Gasteiger partial charge >= 0.3 is 0 Å². The zero-order valence-electron chi connectivity index (χ0n) is 16.1. The third-order valence-corrected chi connectivity index (χ3v) is 4.98. The first-order valence-corrected chi connectivity index (χ1v) is 9.87. The molecule has 1 saturated heterocycles. The van der Waals surface area contributed by atoms with Gasteiger partial charge in [-0.1, -0.05) is 43.6 Å². The number of hydrogen-bond acceptors (Lipinski definition) is 2. The van der Waals surface area contributed by atoms with Crippen molar-refractivity contribution >= 4 is 23.5 Å². The topological polar surface area (TPSA) is 56.7 Å². The second-order valence-electron chi connectivity index (χ2n) is 7.32. The van der Waals surface area contributed by atoms with E-state index < -0.39 is 0 Å². The van der Waals surface area contributed by atoms with Crippen molar-refractivity contribution in [2.45, 2.75) is 45.4 Å². The summed E-state index contributed by atoms with van der Waals surface area (Å²) in [5, 5.41) is 7.43. The quantitative estimate of drug-likeness (QED) is 0.415. The number of likely N-dealkylation sites (tertiary alicyclic amines) is 1. The van der Waals surface area contributed by atoms with E-state index in [2.05, 4.69) is 37.5 Å². The Labute approximate surface area is 162 Å². The van der Waals surface area contributed by atoms with Crippen LogP contribution >= 0.6 is 11.6 Å². The van der Waals surface area contributed by atoms with Gasteiger partial charge in [0, 0.05) is 43.0 Å². The zero-order chi connectivity index (χ0) is 19.0. The number of nitrogens with one attached hydrogen (secondary N) is 2. The summed E-state index contributed by atoms with van der Waals surface area (Å²) >= 11 is 6.35. The highest BCUT2D eigenvalue weighted by Gasteiger charge is 2.23. The van der Waals surface area contributed by atoms with Crippen LogP contribution in [0.3, 0.4) is 0 Å². The van der Waals surface area contributed by atoms with E-state index in [1.54, 1.807) is 0 Å². The van der Waals surface area contributed by atoms with Gasteiger partial charge in [0.2, 0.25) is 5.91 Å². The van der Waals surface area contributed by atoms with Crippen LogP contribution in [0.4, 0.5) is 0 Å². The van der Waals surface area contributed by atoms with Gasteiger partial charge in [0.15, 0.2) is 5.96 Å². The number of nitrogens with zero attached hydrogens (tertiary/aromatic N) is 2. The van der Waals surface area contributed by atoms with Crippen molar-refractivity contribution in [2.75, 3.05) is 32.7 Å². The Kier molecular flexibility index (Phi) is 7.76. The molecule has 1 amide bonds. The van der Waals surface area contributed by atoms with Crippen LogP contribution in [0.15, 0.2) is 29.3 Å². The fraction of sp³-hybridized carbons (Fsp3) is 0.600. The molecule has 0 aliphatic carbocycles. The smallest absolute Gasteiger partial charge is 0.222 e. The van der Waals surface area contributed by atoms with Gasteiger partial charge in [-0.15, -0.1) is 0 Å². The fourth-order valence-electron chi connectivity index (χ4n) is 3.13. The summed E-state index contributed by atoms with van der Waals surface area (Å²) in [7, 11) is 0. The summed E-state index contributed by atoms with van der Waals surface area (Å²) in [5.41, 5.74) is 0.955. The molecule has 0 radical (unpaired) electrons. The Bertz CT molecular complexity index is 630. The molecule has 1 aromatic carbocycles. The Morgan fingerprint density at radius 2 is 2.08 bits per heavy atom. The average Bonchev–Trinajstić information content (AvgIpc) is 3.01. The molecule has 1 aliphatic heterocycles. The van der Waals surface area contributed by atoms with E-state index in [0.29, 0.717) is 13.0 Å². The van der Waals surface area contributed by atoms with E-state index in [0.717, 1.165) is 55.6 Å². The molecule has 0 bridgehead atoms. The van der Waals surface area contributed by atoms with Crippen molar-refractivity contribution < 1.29 is 4.79 Å². The molecular formula is C20H31ClN4O. The number of carbonyl (C=O) groups is 1. The maximum atomic E-state index is 11.6. The molecule has 5 nitrogen and oxygen atoms in total. The molecule has 1 aliphatic rings. The minimum absolute atomic E-state index is 0.150. The van der Waals surface area contributed by atoms with Crippen LogP contribution in [0.2, 0.25) is 5.02 Å². The standard InChI is InChI=1S/C20H31ClN4O/c1-4-22-19(23-12-8-14-25-13-7-11-18(25)26)24-15-20(2,3)16-9-5-6-10-17(16)21/h5-6,9-10H,4,7-8,11-15H2,1-3H3,(H2,22,23,24). The lowest BCUT2D eigenvalue weighted by atomic mass is 9.85. The van der Waals surface area contributed by atoms with Gasteiger partial charge in [0.25, 0.3) is 0 Å². The molecule has 144 valence electrons. The molecule has 1 heterocycles. The third-order valence-electron chi connectivity index (χ3n) is 4.65. The van der Waals surface area contributed by atoms with E-state index in [1.807, 2.05) is 23.1 Å². The van der Waals surface area contributed by atoms with Crippen molar-refractivity contribution in [3.8, 4) is 0 Å². The van der Waals surface area contributed by atoms with Gasteiger partial charge in [-0.3, -0.25) is 9.79 Å². The Hall–Kier alpha value is -1.75. The Morgan fingerprint density at radius 1 is 1.31 bits per heavy atom. The number of hydrogen-bond donors (Lipinski definition) is 2. The summed E-state index contributed by atoms with van der Waals surface area (Å²) in [6.07, 6.45) is 2.62. The summed E-state index contributed by atoms with van der Waals surface area (Å²) in [5.74, 6) is 1.09. The van der Waals surface area contributed by atoms with Crippen LogP contribution < -0.4 is 10.6 Å². The first kappa shape index (κ1) is 20.6. The van der Waals surface area contributed by atoms with E-state index in [1.165, 1.54) is 0 Å². The first-order valence-electron chi connectivity index (χ1n) is 9.49. The number of guanidine groups is 1. The number of carbonyl (C=O) groups excluding carboxylic acids is 1. The van der Waals surface area contributed by atoms with Crippen molar-refractivity contribution in [3.63, 3.8) is 0 Å². The predicted octanol–water partition coefficient (Wildman–Crippen LogP) is 3.19. The van der Waals surface area contributed by atoms with Crippen LogP contribution in [-0.2, 0) is 10.2 Å². The van der Waals surface area contributed by atoms with Gasteiger partial charge in [-0.05, 0) is 31.4 Å². The fourth-order valence-corrected chi connectivity index (χ4v) is 3.52. The molecule has 0 atom stereocenters. The van der Waals surface area contributed by atoms with Crippen LogP contribution in [0.5, 0.6) is 0 Å². The lowest BCUT2D eigenvalue weighted by Crippen LogP contribution is -2.40. The number of rotatable bonds is 8. The summed E-state index contributed by atoms with van der Waals surface area (Å²) in [6, 6.07) is 7.94. The highest BCUT2D eigenvalue weighted by Crippen LogP contribution is 2.29. The SMILES string of the molecule is CCNC(=NCC(C)(C)c1ccccc1Cl)NCCCN1CCCC1=O. The molecule has 1 fully saturated rings. The van der Waals surface area contributed by atoms with E-state index in [9.17, 15) is 4.79 Å². The number of amides is 1. The van der Waals surface area contributed by atoms with E-state index >= 15 is 0 Å². The molecule has 2 N–H and O–H groups in total. The van der Waals surface area contributed by atoms with Crippen LogP contribution in [0.25, 0.3) is 0 Å². The Balaban J connectivity index is 1.87. The average molecular weight is 379 g/mol. The van der Waals surface area contributed by atoms with Crippen molar-refractivity contribution in [2.24, 2.45) is 4.99 Å². The predicted molar refractivity (Wildman–Crippen MR) is 109 cm³/mol. The van der Waals surface area contributed by atoms with Crippen LogP contribution in [0.1, 0.15) is 45.6 Å². The third kappa shape index (κ3) is 5.90. The molecule has 6 heteroatoms. The molecule has 26 heavy (non-hydrogen) atoms. The molecule has 1 aromatic rings. The largest absolute Gasteiger partial charge is 0.357 e. The van der Waals surface area contributed by atoms with Crippen LogP contribution in [0, 0.1) is 0 Å². The van der Waals surface area contributed by atoms with Gasteiger partial charge in [-0.2, -0.15) is 0 Å². The lowest BCUT2D eigenvalue weighted by Gasteiger charge is -2.25. The highest BCUT2D eigenvalue weighted by molar-refractivity contribution is 6.31. The monoisotopic (exact) mass is 378 g/mol. The first-order chi connectivity index (χ1) is 12.4. The molecule has 0 unspecified atom stereocenters. The van der Waals surface area contributed by atoms with E-state index in [4.69, 9.17) is 16.6 Å². The maximum Gasteiger partial charge on any atom is 0.222 e. The number of benzene rings is 1. The second-order valence-corrected chi connectivity index (χ2v) is 7.73. The molecule has 0 spiro atoms. The normalized spacial score (nSPS) is 15.5. The van der Waals surface area contributed by atoms with Crippen molar-refractivity contribution in [1.29, 1.82) is 0 Å². The van der Waals surface area contributed by atoms with Gasteiger partial charge < -0.3 is 15.5 Å². The minimum Gasteiger partial charge on any atom is -0.357 e. The van der Waals surface area contributed by atoms with Crippen LogP contribution in [-0.4, -0.2) is 49.5 Å². The van der Waals surface area contributed by atoms with E-state index in [-0.39, 0.29) is 11.3 Å². The molecular weight excluding hydrogens is 348 g/mol. The Morgan fingerprint density at radius 3 is 2.73 bits per heavy atom. The molecule has 0 aromatic heterocycles. The van der Waals surface area contributed by atoms with Crippen molar-refractivity contribution in [3.05, 3.63) is 34.9 Å². The van der Waals surface area contributed by atoms with Gasteiger partial charge in [-0.25, -0.2) is 0 Å². The van der Waals surface area contributed by atoms with Gasteiger partial charge in [0.05, 0.1) is 6.54 Å². The summed E-state index contributed by atoms with van der Waals surface area (Å²) < 4.78 is 0. The lowest BCUT2D eigenvalue weighted by molar-refractivity contribution is -0.127. The molecule has 2 rings (SSSR count).